The summed E-state index contributed by atoms with van der Waals surface area (Å²) in [5, 5.41) is 0. The van der Waals surface area contributed by atoms with Gasteiger partial charge in [-0.3, -0.25) is 9.69 Å². The van der Waals surface area contributed by atoms with E-state index in [0.717, 1.165) is 0 Å². The van der Waals surface area contributed by atoms with E-state index in [1.165, 1.54) is 0 Å². The number of carbonyl (C=O) groups excluding carboxylic acids is 2. The van der Waals surface area contributed by atoms with Gasteiger partial charge in [0.15, 0.2) is 0 Å². The van der Waals surface area contributed by atoms with Gasteiger partial charge in [-0.1, -0.05) is 13.8 Å². The summed E-state index contributed by atoms with van der Waals surface area (Å²) in [5.74, 6) is 0.393. The SMILES string of the molecule is CCN1CCN(C(=O)OC(C)(C)C)C(CC(C)C)C1=O. The second-order valence-electron chi connectivity index (χ2n) is 6.74. The smallest absolute Gasteiger partial charge is 0.411 e. The molecule has 0 aromatic rings. The molecule has 0 saturated carbocycles. The van der Waals surface area contributed by atoms with Crippen molar-refractivity contribution in [1.82, 2.24) is 9.80 Å². The summed E-state index contributed by atoms with van der Waals surface area (Å²) < 4.78 is 5.42. The molecule has 0 aliphatic carbocycles. The van der Waals surface area contributed by atoms with Crippen molar-refractivity contribution in [1.29, 1.82) is 0 Å². The average molecular weight is 284 g/mol. The molecule has 1 rings (SSSR count). The molecule has 2 amide bonds. The maximum Gasteiger partial charge on any atom is 0.411 e. The van der Waals surface area contributed by atoms with Gasteiger partial charge in [-0.05, 0) is 40.0 Å². The zero-order chi connectivity index (χ0) is 15.5. The van der Waals surface area contributed by atoms with Gasteiger partial charge >= 0.3 is 6.09 Å². The summed E-state index contributed by atoms with van der Waals surface area (Å²) in [6.07, 6.45) is 0.293. The molecule has 0 bridgehead atoms. The first kappa shape index (κ1) is 16.8. The monoisotopic (exact) mass is 284 g/mol. The summed E-state index contributed by atoms with van der Waals surface area (Å²) in [7, 11) is 0. The van der Waals surface area contributed by atoms with Crippen molar-refractivity contribution in [2.45, 2.75) is 59.6 Å². The number of amides is 2. The van der Waals surface area contributed by atoms with Gasteiger partial charge in [0.2, 0.25) is 5.91 Å². The zero-order valence-electron chi connectivity index (χ0n) is 13.6. The molecule has 1 fully saturated rings. The number of hydrogen-bond acceptors (Lipinski definition) is 3. The molecule has 1 aliphatic heterocycles. The second kappa shape index (κ2) is 6.46. The third-order valence-electron chi connectivity index (χ3n) is 3.29. The molecular weight excluding hydrogens is 256 g/mol. The van der Waals surface area contributed by atoms with E-state index in [9.17, 15) is 9.59 Å². The number of ether oxygens (including phenoxy) is 1. The van der Waals surface area contributed by atoms with E-state index in [1.54, 1.807) is 4.90 Å². The van der Waals surface area contributed by atoms with Gasteiger partial charge in [0, 0.05) is 19.6 Å². The Hall–Kier alpha value is -1.26. The molecule has 0 aromatic carbocycles. The lowest BCUT2D eigenvalue weighted by atomic mass is 9.99. The minimum atomic E-state index is -0.537. The van der Waals surface area contributed by atoms with Crippen LogP contribution in [0.25, 0.3) is 0 Å². The molecule has 1 atom stereocenters. The quantitative estimate of drug-likeness (QED) is 0.800. The van der Waals surface area contributed by atoms with Crippen molar-refractivity contribution in [3.63, 3.8) is 0 Å². The summed E-state index contributed by atoms with van der Waals surface area (Å²) in [6.45, 7) is 13.4. The van der Waals surface area contributed by atoms with Crippen molar-refractivity contribution < 1.29 is 14.3 Å². The van der Waals surface area contributed by atoms with E-state index in [2.05, 4.69) is 13.8 Å². The van der Waals surface area contributed by atoms with Crippen LogP contribution >= 0.6 is 0 Å². The van der Waals surface area contributed by atoms with Crippen LogP contribution in [-0.4, -0.2) is 53.1 Å². The van der Waals surface area contributed by atoms with Gasteiger partial charge in [-0.2, -0.15) is 0 Å². The van der Waals surface area contributed by atoms with Crippen LogP contribution in [0.5, 0.6) is 0 Å². The lowest BCUT2D eigenvalue weighted by Gasteiger charge is -2.41. The van der Waals surface area contributed by atoms with Gasteiger partial charge in [0.25, 0.3) is 0 Å². The summed E-state index contributed by atoms with van der Waals surface area (Å²) in [4.78, 5) is 28.1. The minimum absolute atomic E-state index is 0.0401. The first-order valence-electron chi connectivity index (χ1n) is 7.44. The number of likely N-dealkylation sites (N-methyl/N-ethyl adjacent to an activating group) is 1. The molecule has 0 aromatic heterocycles. The molecule has 0 radical (unpaired) electrons. The van der Waals surface area contributed by atoms with Gasteiger partial charge in [0.05, 0.1) is 0 Å². The zero-order valence-corrected chi connectivity index (χ0v) is 13.6. The van der Waals surface area contributed by atoms with Crippen molar-refractivity contribution in [2.75, 3.05) is 19.6 Å². The Morgan fingerprint density at radius 3 is 2.40 bits per heavy atom. The fraction of sp³-hybridized carbons (Fsp3) is 0.867. The molecular formula is C15H28N2O3. The van der Waals surface area contributed by atoms with Gasteiger partial charge in [0.1, 0.15) is 11.6 Å². The van der Waals surface area contributed by atoms with Gasteiger partial charge in [-0.15, -0.1) is 0 Å². The standard InChI is InChI=1S/C15H28N2O3/c1-7-16-8-9-17(14(19)20-15(4,5)6)12(13(16)18)10-11(2)3/h11-12H,7-10H2,1-6H3. The molecule has 0 spiro atoms. The lowest BCUT2D eigenvalue weighted by Crippen LogP contribution is -2.59. The van der Waals surface area contributed by atoms with Crippen LogP contribution < -0.4 is 0 Å². The Balaban J connectivity index is 2.87. The Bertz CT molecular complexity index is 361. The average Bonchev–Trinajstić information content (AvgIpc) is 2.28. The van der Waals surface area contributed by atoms with Crippen molar-refractivity contribution >= 4 is 12.0 Å². The summed E-state index contributed by atoms with van der Waals surface area (Å²) >= 11 is 0. The predicted octanol–water partition coefficient (Wildman–Crippen LogP) is 2.50. The highest BCUT2D eigenvalue weighted by molar-refractivity contribution is 5.87. The van der Waals surface area contributed by atoms with Crippen LogP contribution in [-0.2, 0) is 9.53 Å². The molecule has 1 aliphatic rings. The normalized spacial score (nSPS) is 20.6. The number of rotatable bonds is 3. The fourth-order valence-electron chi connectivity index (χ4n) is 2.37. The van der Waals surface area contributed by atoms with E-state index >= 15 is 0 Å². The van der Waals surface area contributed by atoms with Crippen LogP contribution in [0.2, 0.25) is 0 Å². The number of hydrogen-bond donors (Lipinski definition) is 0. The topological polar surface area (TPSA) is 49.9 Å². The Kier molecular flexibility index (Phi) is 5.42. The summed E-state index contributed by atoms with van der Waals surface area (Å²) in [6, 6.07) is -0.390. The van der Waals surface area contributed by atoms with E-state index in [4.69, 9.17) is 4.74 Å². The number of carbonyl (C=O) groups is 2. The molecule has 1 heterocycles. The third kappa shape index (κ3) is 4.39. The fourth-order valence-corrected chi connectivity index (χ4v) is 2.37. The van der Waals surface area contributed by atoms with E-state index in [0.29, 0.717) is 32.0 Å². The second-order valence-corrected chi connectivity index (χ2v) is 6.74. The lowest BCUT2D eigenvalue weighted by molar-refractivity contribution is -0.141. The number of nitrogens with zero attached hydrogens (tertiary/aromatic N) is 2. The highest BCUT2D eigenvalue weighted by Gasteiger charge is 2.38. The predicted molar refractivity (Wildman–Crippen MR) is 78.4 cm³/mol. The minimum Gasteiger partial charge on any atom is -0.444 e. The highest BCUT2D eigenvalue weighted by Crippen LogP contribution is 2.21. The molecule has 116 valence electrons. The maximum atomic E-state index is 12.4. The molecule has 20 heavy (non-hydrogen) atoms. The van der Waals surface area contributed by atoms with Crippen LogP contribution in [0.3, 0.4) is 0 Å². The van der Waals surface area contributed by atoms with E-state index < -0.39 is 11.6 Å². The molecule has 1 unspecified atom stereocenters. The van der Waals surface area contributed by atoms with Crippen molar-refractivity contribution in [2.24, 2.45) is 5.92 Å². The first-order chi connectivity index (χ1) is 9.15. The number of piperazine rings is 1. The molecule has 5 nitrogen and oxygen atoms in total. The van der Waals surface area contributed by atoms with Crippen LogP contribution in [0, 0.1) is 5.92 Å². The van der Waals surface area contributed by atoms with Crippen LogP contribution in [0.1, 0.15) is 48.0 Å². The first-order valence-corrected chi connectivity index (χ1v) is 7.44. The van der Waals surface area contributed by atoms with Crippen LogP contribution in [0.15, 0.2) is 0 Å². The maximum absolute atomic E-state index is 12.4. The third-order valence-corrected chi connectivity index (χ3v) is 3.29. The van der Waals surface area contributed by atoms with Crippen LogP contribution in [0.4, 0.5) is 4.79 Å². The Morgan fingerprint density at radius 1 is 1.35 bits per heavy atom. The van der Waals surface area contributed by atoms with E-state index in [1.807, 2.05) is 32.6 Å². The highest BCUT2D eigenvalue weighted by atomic mass is 16.6. The Labute approximate surface area is 122 Å². The largest absolute Gasteiger partial charge is 0.444 e. The van der Waals surface area contributed by atoms with E-state index in [-0.39, 0.29) is 12.0 Å². The molecule has 5 heteroatoms. The molecule has 0 N–H and O–H groups in total. The Morgan fingerprint density at radius 2 is 1.95 bits per heavy atom. The molecule has 1 saturated heterocycles. The van der Waals surface area contributed by atoms with Crippen molar-refractivity contribution in [3.05, 3.63) is 0 Å². The summed E-state index contributed by atoms with van der Waals surface area (Å²) in [5.41, 5.74) is -0.537. The van der Waals surface area contributed by atoms with Gasteiger partial charge in [-0.25, -0.2) is 4.79 Å². The van der Waals surface area contributed by atoms with Gasteiger partial charge < -0.3 is 9.64 Å². The van der Waals surface area contributed by atoms with Crippen molar-refractivity contribution in [3.8, 4) is 0 Å².